The Hall–Kier alpha value is -0.860. The molecule has 2 nitrogen and oxygen atoms in total. The fraction of sp³-hybridized carbons (Fsp3) is 0.571. The largest absolute Gasteiger partial charge is 0.326 e. The van der Waals surface area contributed by atoms with Crippen LogP contribution in [0.2, 0.25) is 0 Å². The molecule has 1 aromatic rings. The van der Waals surface area contributed by atoms with Gasteiger partial charge in [0.1, 0.15) is 0 Å². The summed E-state index contributed by atoms with van der Waals surface area (Å²) >= 11 is 0. The van der Waals surface area contributed by atoms with Gasteiger partial charge in [0.05, 0.1) is 0 Å². The van der Waals surface area contributed by atoms with E-state index in [9.17, 15) is 0 Å². The van der Waals surface area contributed by atoms with E-state index in [1.54, 1.807) is 0 Å². The first kappa shape index (κ1) is 13.2. The van der Waals surface area contributed by atoms with Crippen LogP contribution in [0.15, 0.2) is 30.3 Å². The van der Waals surface area contributed by atoms with E-state index in [0.29, 0.717) is 6.04 Å². The Balaban J connectivity index is 2.44. The van der Waals surface area contributed by atoms with Gasteiger partial charge in [0.2, 0.25) is 0 Å². The Labute approximate surface area is 99.5 Å². The molecule has 1 rings (SSSR count). The average Bonchev–Trinajstić information content (AvgIpc) is 2.27. The molecule has 1 atom stereocenters. The third-order valence-corrected chi connectivity index (χ3v) is 2.95. The van der Waals surface area contributed by atoms with Gasteiger partial charge in [-0.1, -0.05) is 37.3 Å². The molecule has 1 unspecified atom stereocenters. The number of rotatable bonds is 6. The van der Waals surface area contributed by atoms with Crippen molar-refractivity contribution < 1.29 is 0 Å². The lowest BCUT2D eigenvalue weighted by molar-refractivity contribution is 0.219. The maximum absolute atomic E-state index is 6.18. The molecule has 0 radical (unpaired) electrons. The van der Waals surface area contributed by atoms with Gasteiger partial charge in [0.15, 0.2) is 0 Å². The topological polar surface area (TPSA) is 29.3 Å². The summed E-state index contributed by atoms with van der Waals surface area (Å²) < 4.78 is 0. The van der Waals surface area contributed by atoms with Gasteiger partial charge in [-0.2, -0.15) is 0 Å². The highest BCUT2D eigenvalue weighted by Crippen LogP contribution is 2.05. The van der Waals surface area contributed by atoms with Gasteiger partial charge < -0.3 is 5.73 Å². The third kappa shape index (κ3) is 4.33. The summed E-state index contributed by atoms with van der Waals surface area (Å²) in [5, 5.41) is 0. The summed E-state index contributed by atoms with van der Waals surface area (Å²) in [5.41, 5.74) is 7.51. The zero-order valence-electron chi connectivity index (χ0n) is 10.7. The van der Waals surface area contributed by atoms with Crippen LogP contribution >= 0.6 is 0 Å². The van der Waals surface area contributed by atoms with Crippen molar-refractivity contribution in [2.24, 2.45) is 5.73 Å². The molecule has 0 fully saturated rings. The minimum atomic E-state index is 0.227. The number of nitrogens with zero attached hydrogens (tertiary/aromatic N) is 1. The minimum absolute atomic E-state index is 0.227. The third-order valence-electron chi connectivity index (χ3n) is 2.95. The lowest BCUT2D eigenvalue weighted by Gasteiger charge is -2.27. The van der Waals surface area contributed by atoms with Gasteiger partial charge in [-0.15, -0.1) is 0 Å². The van der Waals surface area contributed by atoms with Crippen LogP contribution in [0.25, 0.3) is 0 Å². The predicted octanol–water partition coefficient (Wildman–Crippen LogP) is 2.29. The van der Waals surface area contributed by atoms with Gasteiger partial charge in [-0.3, -0.25) is 4.90 Å². The molecule has 2 N–H and O–H groups in total. The summed E-state index contributed by atoms with van der Waals surface area (Å²) in [6, 6.07) is 11.3. The Kier molecular flexibility index (Phi) is 5.50. The quantitative estimate of drug-likeness (QED) is 0.797. The van der Waals surface area contributed by atoms with Crippen LogP contribution in [-0.2, 0) is 6.42 Å². The first-order valence-electron chi connectivity index (χ1n) is 6.17. The average molecular weight is 220 g/mol. The van der Waals surface area contributed by atoms with Crippen molar-refractivity contribution in [2.45, 2.75) is 39.3 Å². The maximum atomic E-state index is 6.18. The second-order valence-electron chi connectivity index (χ2n) is 4.63. The molecule has 16 heavy (non-hydrogen) atoms. The van der Waals surface area contributed by atoms with Crippen molar-refractivity contribution in [1.29, 1.82) is 0 Å². The van der Waals surface area contributed by atoms with Crippen LogP contribution in [0.1, 0.15) is 26.3 Å². The lowest BCUT2D eigenvalue weighted by Crippen LogP contribution is -2.42. The van der Waals surface area contributed by atoms with Gasteiger partial charge in [-0.25, -0.2) is 0 Å². The second-order valence-corrected chi connectivity index (χ2v) is 4.63. The normalized spacial score (nSPS) is 13.4. The van der Waals surface area contributed by atoms with Crippen LogP contribution < -0.4 is 5.73 Å². The molecule has 2 heteroatoms. The lowest BCUT2D eigenvalue weighted by atomic mass is 10.1. The van der Waals surface area contributed by atoms with Crippen molar-refractivity contribution in [3.8, 4) is 0 Å². The highest BCUT2D eigenvalue weighted by molar-refractivity contribution is 5.15. The Morgan fingerprint density at radius 2 is 1.81 bits per heavy atom. The highest BCUT2D eigenvalue weighted by atomic mass is 15.1. The van der Waals surface area contributed by atoms with E-state index in [4.69, 9.17) is 5.73 Å². The first-order chi connectivity index (χ1) is 7.63. The summed E-state index contributed by atoms with van der Waals surface area (Å²) in [6.07, 6.45) is 0.962. The predicted molar refractivity (Wildman–Crippen MR) is 70.5 cm³/mol. The highest BCUT2D eigenvalue weighted by Gasteiger charge is 2.12. The summed E-state index contributed by atoms with van der Waals surface area (Å²) in [5.74, 6) is 0. The van der Waals surface area contributed by atoms with E-state index < -0.39 is 0 Å². The van der Waals surface area contributed by atoms with E-state index in [2.05, 4.69) is 49.9 Å². The van der Waals surface area contributed by atoms with Gasteiger partial charge in [0.25, 0.3) is 0 Å². The zero-order valence-corrected chi connectivity index (χ0v) is 10.7. The smallest absolute Gasteiger partial charge is 0.0208 e. The van der Waals surface area contributed by atoms with Crippen molar-refractivity contribution in [1.82, 2.24) is 4.90 Å². The van der Waals surface area contributed by atoms with Gasteiger partial charge in [-0.05, 0) is 32.4 Å². The number of likely N-dealkylation sites (N-methyl/N-ethyl adjacent to an activating group) is 1. The molecule has 0 amide bonds. The van der Waals surface area contributed by atoms with Crippen LogP contribution in [-0.4, -0.2) is 30.1 Å². The molecule has 0 aromatic heterocycles. The minimum Gasteiger partial charge on any atom is -0.326 e. The van der Waals surface area contributed by atoms with Crippen LogP contribution in [0.5, 0.6) is 0 Å². The second kappa shape index (κ2) is 6.66. The molecule has 0 bridgehead atoms. The SMILES string of the molecule is CCN(CC(N)Cc1ccccc1)C(C)C. The van der Waals surface area contributed by atoms with Crippen LogP contribution in [0, 0.1) is 0 Å². The molecule has 0 aliphatic carbocycles. The van der Waals surface area contributed by atoms with Crippen molar-refractivity contribution >= 4 is 0 Å². The molecule has 0 heterocycles. The molecule has 0 saturated heterocycles. The molecular weight excluding hydrogens is 196 g/mol. The van der Waals surface area contributed by atoms with E-state index in [1.165, 1.54) is 5.56 Å². The zero-order chi connectivity index (χ0) is 12.0. The van der Waals surface area contributed by atoms with Gasteiger partial charge >= 0.3 is 0 Å². The maximum Gasteiger partial charge on any atom is 0.0208 e. The summed E-state index contributed by atoms with van der Waals surface area (Å²) in [4.78, 5) is 2.41. The van der Waals surface area contributed by atoms with Crippen molar-refractivity contribution in [2.75, 3.05) is 13.1 Å². The Morgan fingerprint density at radius 3 is 2.31 bits per heavy atom. The van der Waals surface area contributed by atoms with E-state index in [1.807, 2.05) is 6.07 Å². The number of benzene rings is 1. The van der Waals surface area contributed by atoms with Crippen molar-refractivity contribution in [3.63, 3.8) is 0 Å². The number of hydrogen-bond donors (Lipinski definition) is 1. The standard InChI is InChI=1S/C14H24N2/c1-4-16(12(2)3)11-14(15)10-13-8-6-5-7-9-13/h5-9,12,14H,4,10-11,15H2,1-3H3. The Bertz CT molecular complexity index is 282. The number of nitrogens with two attached hydrogens (primary N) is 1. The van der Waals surface area contributed by atoms with E-state index in [-0.39, 0.29) is 6.04 Å². The fourth-order valence-electron chi connectivity index (χ4n) is 1.99. The molecule has 1 aromatic carbocycles. The van der Waals surface area contributed by atoms with E-state index in [0.717, 1.165) is 19.5 Å². The summed E-state index contributed by atoms with van der Waals surface area (Å²) in [7, 11) is 0. The van der Waals surface area contributed by atoms with Crippen LogP contribution in [0.3, 0.4) is 0 Å². The molecule has 0 saturated carbocycles. The molecule has 0 aliphatic rings. The molecular formula is C14H24N2. The monoisotopic (exact) mass is 220 g/mol. The van der Waals surface area contributed by atoms with Crippen molar-refractivity contribution in [3.05, 3.63) is 35.9 Å². The molecule has 0 aliphatic heterocycles. The van der Waals surface area contributed by atoms with Crippen LogP contribution in [0.4, 0.5) is 0 Å². The fourth-order valence-corrected chi connectivity index (χ4v) is 1.99. The number of hydrogen-bond acceptors (Lipinski definition) is 2. The van der Waals surface area contributed by atoms with Gasteiger partial charge in [0, 0.05) is 18.6 Å². The Morgan fingerprint density at radius 1 is 1.19 bits per heavy atom. The summed E-state index contributed by atoms with van der Waals surface area (Å²) in [6.45, 7) is 8.68. The van der Waals surface area contributed by atoms with E-state index >= 15 is 0 Å². The molecule has 90 valence electrons. The molecule has 0 spiro atoms. The first-order valence-corrected chi connectivity index (χ1v) is 6.17.